The molecule has 0 unspecified atom stereocenters. The molecule has 1 aromatic carbocycles. The van der Waals surface area contributed by atoms with E-state index in [2.05, 4.69) is 19.1 Å². The first kappa shape index (κ1) is 10.2. The first-order valence-corrected chi connectivity index (χ1v) is 4.95. The highest BCUT2D eigenvalue weighted by molar-refractivity contribution is 5.11. The molecule has 1 aliphatic rings. The molecule has 1 saturated carbocycles. The molecule has 0 nitrogen and oxygen atoms in total. The quantitative estimate of drug-likeness (QED) is 0.568. The SMILES string of the molecule is Cc1ccccc1.FC1CCCC1. The fourth-order valence-electron chi connectivity index (χ4n) is 1.41. The molecule has 0 bridgehead atoms. The summed E-state index contributed by atoms with van der Waals surface area (Å²) in [6.45, 7) is 2.08. The molecule has 13 heavy (non-hydrogen) atoms. The van der Waals surface area contributed by atoms with Gasteiger partial charge in [0.05, 0.1) is 0 Å². The predicted octanol–water partition coefficient (Wildman–Crippen LogP) is 3.89. The topological polar surface area (TPSA) is 0 Å². The van der Waals surface area contributed by atoms with Crippen LogP contribution in [0.2, 0.25) is 0 Å². The first-order chi connectivity index (χ1) is 6.29. The highest BCUT2D eigenvalue weighted by Crippen LogP contribution is 2.19. The molecule has 0 atom stereocenters. The van der Waals surface area contributed by atoms with Crippen molar-refractivity contribution in [2.24, 2.45) is 0 Å². The predicted molar refractivity (Wildman–Crippen MR) is 54.5 cm³/mol. The summed E-state index contributed by atoms with van der Waals surface area (Å²) in [6, 6.07) is 10.3. The molecule has 0 spiro atoms. The lowest BCUT2D eigenvalue weighted by atomic mass is 10.2. The van der Waals surface area contributed by atoms with Crippen LogP contribution in [0.25, 0.3) is 0 Å². The van der Waals surface area contributed by atoms with Gasteiger partial charge in [-0.2, -0.15) is 0 Å². The maximum atomic E-state index is 11.9. The zero-order valence-electron chi connectivity index (χ0n) is 8.17. The summed E-state index contributed by atoms with van der Waals surface area (Å²) in [4.78, 5) is 0. The molecule has 72 valence electrons. The molecule has 0 saturated heterocycles. The third-order valence-corrected chi connectivity index (χ3v) is 2.23. The van der Waals surface area contributed by atoms with Crippen LogP contribution in [0.15, 0.2) is 30.3 Å². The highest BCUT2D eigenvalue weighted by Gasteiger charge is 2.11. The van der Waals surface area contributed by atoms with Gasteiger partial charge >= 0.3 is 0 Å². The van der Waals surface area contributed by atoms with E-state index in [9.17, 15) is 4.39 Å². The lowest BCUT2D eigenvalue weighted by Crippen LogP contribution is -1.85. The Morgan fingerprint density at radius 1 is 1.08 bits per heavy atom. The molecule has 0 N–H and O–H groups in total. The van der Waals surface area contributed by atoms with Gasteiger partial charge in [0.25, 0.3) is 0 Å². The Morgan fingerprint density at radius 3 is 1.85 bits per heavy atom. The Kier molecular flexibility index (Phi) is 4.52. The Hall–Kier alpha value is -0.850. The van der Waals surface area contributed by atoms with Crippen molar-refractivity contribution in [3.63, 3.8) is 0 Å². The van der Waals surface area contributed by atoms with Gasteiger partial charge in [0.15, 0.2) is 0 Å². The fraction of sp³-hybridized carbons (Fsp3) is 0.500. The van der Waals surface area contributed by atoms with Crippen LogP contribution in [0.3, 0.4) is 0 Å². The maximum Gasteiger partial charge on any atom is 0.100 e. The minimum Gasteiger partial charge on any atom is -0.247 e. The monoisotopic (exact) mass is 180 g/mol. The van der Waals surface area contributed by atoms with Crippen LogP contribution in [-0.2, 0) is 0 Å². The van der Waals surface area contributed by atoms with Gasteiger partial charge in [0, 0.05) is 0 Å². The number of benzene rings is 1. The van der Waals surface area contributed by atoms with Crippen molar-refractivity contribution in [1.82, 2.24) is 0 Å². The van der Waals surface area contributed by atoms with Crippen LogP contribution in [0.5, 0.6) is 0 Å². The van der Waals surface area contributed by atoms with E-state index in [4.69, 9.17) is 0 Å². The van der Waals surface area contributed by atoms with E-state index in [1.165, 1.54) is 5.56 Å². The zero-order chi connectivity index (χ0) is 9.52. The van der Waals surface area contributed by atoms with Crippen molar-refractivity contribution < 1.29 is 4.39 Å². The van der Waals surface area contributed by atoms with E-state index in [-0.39, 0.29) is 0 Å². The van der Waals surface area contributed by atoms with Crippen molar-refractivity contribution in [1.29, 1.82) is 0 Å². The van der Waals surface area contributed by atoms with Gasteiger partial charge in [-0.3, -0.25) is 0 Å². The Balaban J connectivity index is 0.000000132. The first-order valence-electron chi connectivity index (χ1n) is 4.95. The van der Waals surface area contributed by atoms with Crippen LogP contribution < -0.4 is 0 Å². The number of hydrogen-bond donors (Lipinski definition) is 0. The van der Waals surface area contributed by atoms with E-state index in [0.717, 1.165) is 25.7 Å². The number of halogens is 1. The van der Waals surface area contributed by atoms with Crippen molar-refractivity contribution in [2.75, 3.05) is 0 Å². The third kappa shape index (κ3) is 4.66. The van der Waals surface area contributed by atoms with Crippen LogP contribution >= 0.6 is 0 Å². The molecule has 1 aromatic rings. The van der Waals surface area contributed by atoms with E-state index >= 15 is 0 Å². The molecule has 1 aliphatic carbocycles. The Bertz CT molecular complexity index is 212. The molecule has 0 aliphatic heterocycles. The highest BCUT2D eigenvalue weighted by atomic mass is 19.1. The zero-order valence-corrected chi connectivity index (χ0v) is 8.17. The summed E-state index contributed by atoms with van der Waals surface area (Å²) < 4.78 is 11.9. The van der Waals surface area contributed by atoms with Gasteiger partial charge < -0.3 is 0 Å². The van der Waals surface area contributed by atoms with E-state index in [1.807, 2.05) is 18.2 Å². The van der Waals surface area contributed by atoms with Crippen LogP contribution in [0.1, 0.15) is 31.2 Å². The summed E-state index contributed by atoms with van der Waals surface area (Å²) in [5.74, 6) is 0. The van der Waals surface area contributed by atoms with E-state index in [0.29, 0.717) is 0 Å². The number of alkyl halides is 1. The summed E-state index contributed by atoms with van der Waals surface area (Å²) >= 11 is 0. The van der Waals surface area contributed by atoms with Crippen molar-refractivity contribution in [2.45, 2.75) is 38.8 Å². The second-order valence-electron chi connectivity index (χ2n) is 3.54. The van der Waals surface area contributed by atoms with Crippen molar-refractivity contribution >= 4 is 0 Å². The normalized spacial score (nSPS) is 16.5. The van der Waals surface area contributed by atoms with Gasteiger partial charge in [-0.1, -0.05) is 48.7 Å². The largest absolute Gasteiger partial charge is 0.247 e. The summed E-state index contributed by atoms with van der Waals surface area (Å²) in [5, 5.41) is 0. The van der Waals surface area contributed by atoms with Gasteiger partial charge in [-0.05, 0) is 19.8 Å². The number of aryl methyl sites for hydroxylation is 1. The number of hydrogen-bond acceptors (Lipinski definition) is 0. The van der Waals surface area contributed by atoms with Crippen molar-refractivity contribution in [3.8, 4) is 0 Å². The van der Waals surface area contributed by atoms with Crippen LogP contribution in [0, 0.1) is 6.92 Å². The lowest BCUT2D eigenvalue weighted by Gasteiger charge is -1.86. The fourth-order valence-corrected chi connectivity index (χ4v) is 1.41. The summed E-state index contributed by atoms with van der Waals surface area (Å²) in [7, 11) is 0. The molecular weight excluding hydrogens is 163 g/mol. The van der Waals surface area contributed by atoms with E-state index < -0.39 is 6.17 Å². The molecule has 2 rings (SSSR count). The van der Waals surface area contributed by atoms with Crippen molar-refractivity contribution in [3.05, 3.63) is 35.9 Å². The standard InChI is InChI=1S/C7H8.C5H9F/c1-7-5-3-2-4-6-7;6-5-3-1-2-4-5/h2-6H,1H3;5H,1-4H2. The minimum atomic E-state index is -0.454. The third-order valence-electron chi connectivity index (χ3n) is 2.23. The summed E-state index contributed by atoms with van der Waals surface area (Å²) in [5.41, 5.74) is 1.32. The molecule has 1 fully saturated rings. The van der Waals surface area contributed by atoms with Crippen LogP contribution in [0.4, 0.5) is 4.39 Å². The average molecular weight is 180 g/mol. The van der Waals surface area contributed by atoms with Gasteiger partial charge in [0.2, 0.25) is 0 Å². The minimum absolute atomic E-state index is 0.454. The van der Waals surface area contributed by atoms with Crippen LogP contribution in [-0.4, -0.2) is 6.17 Å². The van der Waals surface area contributed by atoms with Gasteiger partial charge in [0.1, 0.15) is 6.17 Å². The smallest absolute Gasteiger partial charge is 0.100 e. The second-order valence-corrected chi connectivity index (χ2v) is 3.54. The molecule has 1 heteroatoms. The maximum absolute atomic E-state index is 11.9. The molecular formula is C12H17F. The second kappa shape index (κ2) is 5.74. The average Bonchev–Trinajstić information content (AvgIpc) is 2.58. The molecule has 0 radical (unpaired) electrons. The van der Waals surface area contributed by atoms with E-state index in [1.54, 1.807) is 0 Å². The molecule has 0 heterocycles. The Morgan fingerprint density at radius 2 is 1.62 bits per heavy atom. The Labute approximate surface area is 79.8 Å². The molecule has 0 aromatic heterocycles. The van der Waals surface area contributed by atoms with Gasteiger partial charge in [-0.25, -0.2) is 4.39 Å². The lowest BCUT2D eigenvalue weighted by molar-refractivity contribution is 0.343. The van der Waals surface area contributed by atoms with Gasteiger partial charge in [-0.15, -0.1) is 0 Å². The molecule has 0 amide bonds. The summed E-state index contributed by atoms with van der Waals surface area (Å²) in [6.07, 6.45) is 3.41. The number of rotatable bonds is 0.